The Morgan fingerprint density at radius 2 is 2.06 bits per heavy atom. The predicted molar refractivity (Wildman–Crippen MR) is 73.6 cm³/mol. The first kappa shape index (κ1) is 14.6. The van der Waals surface area contributed by atoms with E-state index in [9.17, 15) is 4.39 Å². The number of unbranched alkanes of at least 4 members (excludes halogenated alkanes) is 1. The average molecular weight is 303 g/mol. The van der Waals surface area contributed by atoms with Gasteiger partial charge in [0, 0.05) is 16.6 Å². The fraction of sp³-hybridized carbons (Fsp3) is 0.538. The summed E-state index contributed by atoms with van der Waals surface area (Å²) in [7, 11) is 4.15. The van der Waals surface area contributed by atoms with E-state index in [4.69, 9.17) is 0 Å². The molecule has 1 aromatic carbocycles. The maximum absolute atomic E-state index is 13.5. The minimum absolute atomic E-state index is 0.153. The lowest BCUT2D eigenvalue weighted by Crippen LogP contribution is -2.18. The van der Waals surface area contributed by atoms with Crippen molar-refractivity contribution in [1.82, 2.24) is 10.2 Å². The van der Waals surface area contributed by atoms with E-state index in [0.717, 1.165) is 29.5 Å². The Kier molecular flexibility index (Phi) is 6.70. The predicted octanol–water partition coefficient (Wildman–Crippen LogP) is 3.02. The van der Waals surface area contributed by atoms with Gasteiger partial charge in [0.2, 0.25) is 0 Å². The van der Waals surface area contributed by atoms with E-state index in [0.29, 0.717) is 6.54 Å². The van der Waals surface area contributed by atoms with E-state index in [2.05, 4.69) is 40.2 Å². The second-order valence-electron chi connectivity index (χ2n) is 4.42. The van der Waals surface area contributed by atoms with Crippen LogP contribution in [0.1, 0.15) is 18.4 Å². The zero-order valence-corrected chi connectivity index (χ0v) is 12.1. The summed E-state index contributed by atoms with van der Waals surface area (Å²) in [6, 6.07) is 5.18. The Labute approximate surface area is 111 Å². The molecule has 96 valence electrons. The molecule has 1 N–H and O–H groups in total. The molecule has 0 aliphatic heterocycles. The number of nitrogens with zero attached hydrogens (tertiary/aromatic N) is 1. The lowest BCUT2D eigenvalue weighted by atomic mass is 10.2. The zero-order chi connectivity index (χ0) is 12.7. The van der Waals surface area contributed by atoms with Crippen LogP contribution in [-0.4, -0.2) is 32.1 Å². The minimum Gasteiger partial charge on any atom is -0.313 e. The van der Waals surface area contributed by atoms with Crippen molar-refractivity contribution < 1.29 is 4.39 Å². The van der Waals surface area contributed by atoms with Crippen molar-refractivity contribution in [3.8, 4) is 0 Å². The third kappa shape index (κ3) is 6.15. The van der Waals surface area contributed by atoms with Crippen LogP contribution in [0.25, 0.3) is 0 Å². The standard InChI is InChI=1S/C13H20BrFN2/c1-17(2)8-4-3-7-16-10-11-5-6-12(14)9-13(11)15/h5-6,9,16H,3-4,7-8,10H2,1-2H3. The largest absolute Gasteiger partial charge is 0.313 e. The Balaban J connectivity index is 2.18. The topological polar surface area (TPSA) is 15.3 Å². The van der Waals surface area contributed by atoms with Gasteiger partial charge in [-0.2, -0.15) is 0 Å². The van der Waals surface area contributed by atoms with Gasteiger partial charge in [-0.05, 0) is 52.2 Å². The van der Waals surface area contributed by atoms with E-state index in [1.807, 2.05) is 12.1 Å². The quantitative estimate of drug-likeness (QED) is 0.779. The molecule has 0 aliphatic rings. The summed E-state index contributed by atoms with van der Waals surface area (Å²) in [6.45, 7) is 2.64. The van der Waals surface area contributed by atoms with Gasteiger partial charge in [-0.1, -0.05) is 22.0 Å². The van der Waals surface area contributed by atoms with Crippen molar-refractivity contribution >= 4 is 15.9 Å². The highest BCUT2D eigenvalue weighted by Gasteiger charge is 2.01. The number of hydrogen-bond donors (Lipinski definition) is 1. The number of nitrogens with one attached hydrogen (secondary N) is 1. The summed E-state index contributed by atoms with van der Waals surface area (Å²) >= 11 is 3.25. The van der Waals surface area contributed by atoms with Crippen LogP contribution in [0.5, 0.6) is 0 Å². The highest BCUT2D eigenvalue weighted by molar-refractivity contribution is 9.10. The fourth-order valence-corrected chi connectivity index (χ4v) is 1.90. The van der Waals surface area contributed by atoms with Gasteiger partial charge >= 0.3 is 0 Å². The Hall–Kier alpha value is -0.450. The van der Waals surface area contributed by atoms with Gasteiger partial charge in [0.1, 0.15) is 5.82 Å². The summed E-state index contributed by atoms with van der Waals surface area (Å²) < 4.78 is 14.2. The Morgan fingerprint density at radius 3 is 2.71 bits per heavy atom. The Bertz CT molecular complexity index is 342. The molecule has 17 heavy (non-hydrogen) atoms. The molecule has 0 aliphatic carbocycles. The normalized spacial score (nSPS) is 11.1. The first-order chi connectivity index (χ1) is 8.09. The number of halogens is 2. The molecule has 0 unspecified atom stereocenters. The van der Waals surface area contributed by atoms with Crippen molar-refractivity contribution in [3.05, 3.63) is 34.1 Å². The highest BCUT2D eigenvalue weighted by atomic mass is 79.9. The maximum atomic E-state index is 13.5. The van der Waals surface area contributed by atoms with Gasteiger partial charge in [-0.3, -0.25) is 0 Å². The third-order valence-electron chi connectivity index (χ3n) is 2.54. The van der Waals surface area contributed by atoms with Crippen LogP contribution in [0.15, 0.2) is 22.7 Å². The van der Waals surface area contributed by atoms with E-state index >= 15 is 0 Å². The number of rotatable bonds is 7. The van der Waals surface area contributed by atoms with Crippen molar-refractivity contribution in [2.45, 2.75) is 19.4 Å². The monoisotopic (exact) mass is 302 g/mol. The molecule has 2 nitrogen and oxygen atoms in total. The smallest absolute Gasteiger partial charge is 0.128 e. The van der Waals surface area contributed by atoms with E-state index in [1.54, 1.807) is 0 Å². The number of benzene rings is 1. The molecular formula is C13H20BrFN2. The number of hydrogen-bond acceptors (Lipinski definition) is 2. The van der Waals surface area contributed by atoms with Crippen molar-refractivity contribution in [3.63, 3.8) is 0 Å². The van der Waals surface area contributed by atoms with E-state index in [-0.39, 0.29) is 5.82 Å². The van der Waals surface area contributed by atoms with Crippen LogP contribution in [0.2, 0.25) is 0 Å². The van der Waals surface area contributed by atoms with Crippen LogP contribution in [-0.2, 0) is 6.54 Å². The summed E-state index contributed by atoms with van der Waals surface area (Å²) in [6.07, 6.45) is 2.29. The Morgan fingerprint density at radius 1 is 1.29 bits per heavy atom. The zero-order valence-electron chi connectivity index (χ0n) is 10.5. The fourth-order valence-electron chi connectivity index (χ4n) is 1.57. The molecule has 0 saturated heterocycles. The molecule has 1 aromatic rings. The summed E-state index contributed by atoms with van der Waals surface area (Å²) in [5.74, 6) is -0.153. The summed E-state index contributed by atoms with van der Waals surface area (Å²) in [4.78, 5) is 2.17. The molecule has 0 fully saturated rings. The molecule has 1 rings (SSSR count). The summed E-state index contributed by atoms with van der Waals surface area (Å²) in [5, 5.41) is 3.26. The van der Waals surface area contributed by atoms with Crippen molar-refractivity contribution in [1.29, 1.82) is 0 Å². The molecule has 0 radical (unpaired) electrons. The van der Waals surface area contributed by atoms with E-state index in [1.165, 1.54) is 12.5 Å². The van der Waals surface area contributed by atoms with Crippen LogP contribution in [0.3, 0.4) is 0 Å². The van der Waals surface area contributed by atoms with Gasteiger partial charge < -0.3 is 10.2 Å². The second kappa shape index (κ2) is 7.80. The van der Waals surface area contributed by atoms with Gasteiger partial charge in [0.05, 0.1) is 0 Å². The van der Waals surface area contributed by atoms with Crippen LogP contribution in [0.4, 0.5) is 4.39 Å². The first-order valence-corrected chi connectivity index (χ1v) is 6.68. The average Bonchev–Trinajstić information content (AvgIpc) is 2.25. The molecule has 0 atom stereocenters. The minimum atomic E-state index is -0.153. The van der Waals surface area contributed by atoms with Crippen LogP contribution < -0.4 is 5.32 Å². The van der Waals surface area contributed by atoms with Gasteiger partial charge in [0.15, 0.2) is 0 Å². The van der Waals surface area contributed by atoms with E-state index < -0.39 is 0 Å². The lowest BCUT2D eigenvalue weighted by molar-refractivity contribution is 0.391. The molecule has 0 spiro atoms. The molecule has 0 heterocycles. The van der Waals surface area contributed by atoms with Gasteiger partial charge in [0.25, 0.3) is 0 Å². The first-order valence-electron chi connectivity index (χ1n) is 5.89. The van der Waals surface area contributed by atoms with Gasteiger partial charge in [-0.25, -0.2) is 4.39 Å². The third-order valence-corrected chi connectivity index (χ3v) is 3.03. The molecule has 0 amide bonds. The maximum Gasteiger partial charge on any atom is 0.128 e. The van der Waals surface area contributed by atoms with Gasteiger partial charge in [-0.15, -0.1) is 0 Å². The lowest BCUT2D eigenvalue weighted by Gasteiger charge is -2.09. The SMILES string of the molecule is CN(C)CCCCNCc1ccc(Br)cc1F. The summed E-state index contributed by atoms with van der Waals surface area (Å²) in [5.41, 5.74) is 0.723. The van der Waals surface area contributed by atoms with Crippen LogP contribution >= 0.6 is 15.9 Å². The molecule has 4 heteroatoms. The van der Waals surface area contributed by atoms with Crippen LogP contribution in [0, 0.1) is 5.82 Å². The van der Waals surface area contributed by atoms with Crippen molar-refractivity contribution in [2.24, 2.45) is 0 Å². The van der Waals surface area contributed by atoms with Crippen molar-refractivity contribution in [2.75, 3.05) is 27.2 Å². The highest BCUT2D eigenvalue weighted by Crippen LogP contribution is 2.14. The molecular weight excluding hydrogens is 283 g/mol. The molecule has 0 aromatic heterocycles. The second-order valence-corrected chi connectivity index (χ2v) is 5.34. The molecule has 0 saturated carbocycles. The molecule has 0 bridgehead atoms.